The third kappa shape index (κ3) is 5.29. The van der Waals surface area contributed by atoms with Crippen molar-refractivity contribution in [2.45, 2.75) is 25.8 Å². The Morgan fingerprint density at radius 2 is 1.81 bits per heavy atom. The Morgan fingerprint density at radius 3 is 2.56 bits per heavy atom. The number of halogens is 1. The summed E-state index contributed by atoms with van der Waals surface area (Å²) in [5.41, 5.74) is 2.83. The first-order valence-corrected chi connectivity index (χ1v) is 11.6. The van der Waals surface area contributed by atoms with Crippen LogP contribution in [0.4, 0.5) is 11.4 Å². The van der Waals surface area contributed by atoms with E-state index in [-0.39, 0.29) is 17.6 Å². The molecule has 4 rings (SSSR count). The van der Waals surface area contributed by atoms with E-state index in [9.17, 15) is 9.59 Å². The molecule has 0 spiro atoms. The van der Waals surface area contributed by atoms with Crippen molar-refractivity contribution in [1.29, 1.82) is 0 Å². The zero-order valence-electron chi connectivity index (χ0n) is 18.0. The number of anilines is 2. The first-order valence-electron chi connectivity index (χ1n) is 10.8. The summed E-state index contributed by atoms with van der Waals surface area (Å²) in [7, 11) is 1.63. The molecule has 1 aromatic heterocycles. The van der Waals surface area contributed by atoms with E-state index in [2.05, 4.69) is 32.2 Å². The SMILES string of the molecule is CN(C(=O)c1ccc(Br)o1)c1ccccc1C(=O)Nc1cccc(CN2CCCCC2)c1. The van der Waals surface area contributed by atoms with Gasteiger partial charge in [0.25, 0.3) is 11.8 Å². The van der Waals surface area contributed by atoms with E-state index in [1.165, 1.54) is 29.7 Å². The van der Waals surface area contributed by atoms with Gasteiger partial charge in [-0.2, -0.15) is 0 Å². The Labute approximate surface area is 196 Å². The fraction of sp³-hybridized carbons (Fsp3) is 0.280. The van der Waals surface area contributed by atoms with Gasteiger partial charge in [0, 0.05) is 19.3 Å². The van der Waals surface area contributed by atoms with Crippen LogP contribution in [0.3, 0.4) is 0 Å². The van der Waals surface area contributed by atoms with Crippen molar-refractivity contribution in [2.24, 2.45) is 0 Å². The molecule has 0 saturated carbocycles. The topological polar surface area (TPSA) is 65.8 Å². The summed E-state index contributed by atoms with van der Waals surface area (Å²) >= 11 is 3.21. The molecule has 0 radical (unpaired) electrons. The van der Waals surface area contributed by atoms with Gasteiger partial charge in [0.2, 0.25) is 0 Å². The minimum absolute atomic E-state index is 0.194. The number of hydrogen-bond acceptors (Lipinski definition) is 4. The first-order chi connectivity index (χ1) is 15.5. The largest absolute Gasteiger partial charge is 0.444 e. The average Bonchev–Trinajstić information content (AvgIpc) is 3.25. The molecule has 1 N–H and O–H groups in total. The Balaban J connectivity index is 1.49. The van der Waals surface area contributed by atoms with Crippen molar-refractivity contribution >= 4 is 39.1 Å². The lowest BCUT2D eigenvalue weighted by molar-refractivity contribution is 0.0965. The number of piperidine rings is 1. The van der Waals surface area contributed by atoms with Gasteiger partial charge in [-0.05, 0) is 83.8 Å². The fourth-order valence-electron chi connectivity index (χ4n) is 3.98. The molecule has 0 bridgehead atoms. The number of furan rings is 1. The molecule has 1 fully saturated rings. The molecular formula is C25H26BrN3O3. The summed E-state index contributed by atoms with van der Waals surface area (Å²) in [4.78, 5) is 29.8. The quantitative estimate of drug-likeness (QED) is 0.486. The van der Waals surface area contributed by atoms with Crippen LogP contribution in [-0.2, 0) is 6.54 Å². The van der Waals surface area contributed by atoms with E-state index in [1.807, 2.05) is 18.2 Å². The van der Waals surface area contributed by atoms with Crippen molar-refractivity contribution in [1.82, 2.24) is 4.90 Å². The van der Waals surface area contributed by atoms with Crippen LogP contribution in [0.15, 0.2) is 69.8 Å². The monoisotopic (exact) mass is 495 g/mol. The molecule has 2 amide bonds. The van der Waals surface area contributed by atoms with Gasteiger partial charge >= 0.3 is 0 Å². The van der Waals surface area contributed by atoms with Gasteiger partial charge in [-0.1, -0.05) is 30.7 Å². The van der Waals surface area contributed by atoms with Gasteiger partial charge in [-0.15, -0.1) is 0 Å². The second-order valence-electron chi connectivity index (χ2n) is 7.98. The van der Waals surface area contributed by atoms with Crippen molar-refractivity contribution < 1.29 is 14.0 Å². The van der Waals surface area contributed by atoms with Crippen molar-refractivity contribution in [3.63, 3.8) is 0 Å². The molecule has 1 aliphatic heterocycles. The van der Waals surface area contributed by atoms with Crippen LogP contribution in [-0.4, -0.2) is 36.9 Å². The minimum Gasteiger partial charge on any atom is -0.444 e. The molecule has 0 atom stereocenters. The van der Waals surface area contributed by atoms with Crippen LogP contribution < -0.4 is 10.2 Å². The number of rotatable bonds is 6. The number of hydrogen-bond donors (Lipinski definition) is 1. The number of benzene rings is 2. The van der Waals surface area contributed by atoms with E-state index in [0.29, 0.717) is 15.9 Å². The van der Waals surface area contributed by atoms with Crippen LogP contribution >= 0.6 is 15.9 Å². The van der Waals surface area contributed by atoms with E-state index >= 15 is 0 Å². The number of amides is 2. The summed E-state index contributed by atoms with van der Waals surface area (Å²) < 4.78 is 5.86. The number of likely N-dealkylation sites (tertiary alicyclic amines) is 1. The molecule has 1 saturated heterocycles. The Kier molecular flexibility index (Phi) is 7.07. The molecule has 0 aliphatic carbocycles. The predicted octanol–water partition coefficient (Wildman–Crippen LogP) is 5.56. The van der Waals surface area contributed by atoms with Crippen LogP contribution in [0.25, 0.3) is 0 Å². The maximum atomic E-state index is 13.1. The highest BCUT2D eigenvalue weighted by atomic mass is 79.9. The molecule has 1 aliphatic rings. The number of para-hydroxylation sites is 1. The first kappa shape index (κ1) is 22.3. The highest BCUT2D eigenvalue weighted by Gasteiger charge is 2.22. The lowest BCUT2D eigenvalue weighted by Gasteiger charge is -2.26. The lowest BCUT2D eigenvalue weighted by Crippen LogP contribution is -2.29. The van der Waals surface area contributed by atoms with Gasteiger partial charge < -0.3 is 14.6 Å². The highest BCUT2D eigenvalue weighted by molar-refractivity contribution is 9.10. The van der Waals surface area contributed by atoms with Crippen molar-refractivity contribution in [3.8, 4) is 0 Å². The third-order valence-electron chi connectivity index (χ3n) is 5.64. The Bertz CT molecular complexity index is 1110. The van der Waals surface area contributed by atoms with Crippen molar-refractivity contribution in [3.05, 3.63) is 82.2 Å². The average molecular weight is 496 g/mol. The molecule has 3 aromatic rings. The van der Waals surface area contributed by atoms with Crippen LogP contribution in [0, 0.1) is 0 Å². The van der Waals surface area contributed by atoms with E-state index < -0.39 is 0 Å². The molecule has 2 heterocycles. The molecule has 7 heteroatoms. The van der Waals surface area contributed by atoms with Crippen molar-refractivity contribution in [2.75, 3.05) is 30.4 Å². The highest BCUT2D eigenvalue weighted by Crippen LogP contribution is 2.24. The van der Waals surface area contributed by atoms with Crippen LogP contribution in [0.2, 0.25) is 0 Å². The van der Waals surface area contributed by atoms with Gasteiger partial charge in [-0.3, -0.25) is 14.5 Å². The molecule has 0 unspecified atom stereocenters. The van der Waals surface area contributed by atoms with Gasteiger partial charge in [-0.25, -0.2) is 0 Å². The molecule has 6 nitrogen and oxygen atoms in total. The summed E-state index contributed by atoms with van der Waals surface area (Å²) in [6.45, 7) is 3.13. The van der Waals surface area contributed by atoms with E-state index in [0.717, 1.165) is 25.3 Å². The lowest BCUT2D eigenvalue weighted by atomic mass is 10.1. The van der Waals surface area contributed by atoms with E-state index in [1.54, 1.807) is 43.4 Å². The maximum Gasteiger partial charge on any atom is 0.293 e. The third-order valence-corrected chi connectivity index (χ3v) is 6.06. The predicted molar refractivity (Wildman–Crippen MR) is 129 cm³/mol. The standard InChI is InChI=1S/C25H26BrN3O3/c1-28(25(31)22-12-13-23(26)32-22)21-11-4-3-10-20(21)24(30)27-19-9-7-8-18(16-19)17-29-14-5-2-6-15-29/h3-4,7-13,16H,2,5-6,14-15,17H2,1H3,(H,27,30). The zero-order valence-corrected chi connectivity index (χ0v) is 19.6. The van der Waals surface area contributed by atoms with Gasteiger partial charge in [0.15, 0.2) is 10.4 Å². The minimum atomic E-state index is -0.334. The molecule has 32 heavy (non-hydrogen) atoms. The normalized spacial score (nSPS) is 14.2. The summed E-state index contributed by atoms with van der Waals surface area (Å²) in [6.07, 6.45) is 3.79. The Hall–Kier alpha value is -2.90. The summed E-state index contributed by atoms with van der Waals surface area (Å²) in [5.74, 6) is -0.407. The van der Waals surface area contributed by atoms with Gasteiger partial charge in [0.05, 0.1) is 11.3 Å². The second-order valence-corrected chi connectivity index (χ2v) is 8.76. The fourth-order valence-corrected chi connectivity index (χ4v) is 4.29. The summed E-state index contributed by atoms with van der Waals surface area (Å²) in [5, 5.41) is 2.99. The number of carbonyl (C=O) groups is 2. The van der Waals surface area contributed by atoms with Gasteiger partial charge in [0.1, 0.15) is 0 Å². The van der Waals surface area contributed by atoms with Crippen LogP contribution in [0.5, 0.6) is 0 Å². The van der Waals surface area contributed by atoms with Crippen LogP contribution in [0.1, 0.15) is 45.7 Å². The number of nitrogens with one attached hydrogen (secondary N) is 1. The Morgan fingerprint density at radius 1 is 1.03 bits per heavy atom. The molecular weight excluding hydrogens is 470 g/mol. The number of carbonyl (C=O) groups excluding carboxylic acids is 2. The summed E-state index contributed by atoms with van der Waals surface area (Å²) in [6, 6.07) is 18.3. The van der Waals surface area contributed by atoms with E-state index in [4.69, 9.17) is 4.42 Å². The maximum absolute atomic E-state index is 13.1. The molecule has 166 valence electrons. The smallest absolute Gasteiger partial charge is 0.293 e. The second kappa shape index (κ2) is 10.1. The number of nitrogens with zero attached hydrogens (tertiary/aromatic N) is 2. The molecule has 2 aromatic carbocycles. The zero-order chi connectivity index (χ0) is 22.5.